The van der Waals surface area contributed by atoms with Crippen molar-refractivity contribution < 1.29 is 19.4 Å². The van der Waals surface area contributed by atoms with E-state index in [2.05, 4.69) is 10.3 Å². The largest absolute Gasteiger partial charge is 0.481 e. The molecule has 7 nitrogen and oxygen atoms in total. The molecule has 0 aliphatic heterocycles. The molecule has 0 spiro atoms. The monoisotopic (exact) mass is 281 g/mol. The highest BCUT2D eigenvalue weighted by molar-refractivity contribution is 5.89. The summed E-state index contributed by atoms with van der Waals surface area (Å²) >= 11 is 0. The highest BCUT2D eigenvalue weighted by Gasteiger charge is 2.19. The minimum Gasteiger partial charge on any atom is -0.481 e. The summed E-state index contributed by atoms with van der Waals surface area (Å²) < 4.78 is 4.92. The second-order valence-electron chi connectivity index (χ2n) is 4.30. The average molecular weight is 281 g/mol. The third-order valence-corrected chi connectivity index (χ3v) is 2.78. The van der Waals surface area contributed by atoms with Crippen molar-refractivity contribution in [2.45, 2.75) is 13.8 Å². The summed E-state index contributed by atoms with van der Waals surface area (Å²) in [6.07, 6.45) is 1.48. The molecule has 1 atom stereocenters. The molecule has 7 heteroatoms. The lowest BCUT2D eigenvalue weighted by molar-refractivity contribution is -0.141. The van der Waals surface area contributed by atoms with E-state index in [0.717, 1.165) is 0 Å². The number of hydrogen-bond acceptors (Lipinski definition) is 4. The molecule has 0 fully saturated rings. The molecule has 2 amide bonds. The quantitative estimate of drug-likeness (QED) is 0.827. The van der Waals surface area contributed by atoms with Crippen LogP contribution in [-0.4, -0.2) is 47.2 Å². The Labute approximate surface area is 117 Å². The van der Waals surface area contributed by atoms with E-state index in [1.54, 1.807) is 26.0 Å². The van der Waals surface area contributed by atoms with Crippen molar-refractivity contribution in [1.82, 2.24) is 9.88 Å². The molecule has 1 aromatic rings. The van der Waals surface area contributed by atoms with Crippen molar-refractivity contribution in [2.75, 3.05) is 25.5 Å². The first-order chi connectivity index (χ1) is 9.47. The van der Waals surface area contributed by atoms with Crippen LogP contribution in [0.3, 0.4) is 0 Å². The minimum atomic E-state index is -0.928. The first-order valence-electron chi connectivity index (χ1n) is 6.26. The number of pyridine rings is 1. The third kappa shape index (κ3) is 4.42. The number of aromatic nitrogens is 1. The summed E-state index contributed by atoms with van der Waals surface area (Å²) in [5, 5.41) is 11.5. The number of hydrogen-bond donors (Lipinski definition) is 2. The molecule has 0 aliphatic carbocycles. The summed E-state index contributed by atoms with van der Waals surface area (Å²) in [5.74, 6) is -1.09. The maximum Gasteiger partial charge on any atom is 0.321 e. The van der Waals surface area contributed by atoms with Crippen molar-refractivity contribution in [2.24, 2.45) is 5.92 Å². The molecule has 0 radical (unpaired) electrons. The van der Waals surface area contributed by atoms with Crippen molar-refractivity contribution in [1.29, 1.82) is 0 Å². The van der Waals surface area contributed by atoms with Gasteiger partial charge >= 0.3 is 12.0 Å². The Balaban J connectivity index is 2.64. The molecule has 0 saturated heterocycles. The van der Waals surface area contributed by atoms with Gasteiger partial charge in [-0.3, -0.25) is 4.79 Å². The van der Waals surface area contributed by atoms with Crippen LogP contribution in [0.4, 0.5) is 10.5 Å². The SMILES string of the molecule is CCN(CC(C)C(=O)O)C(=O)Nc1ccc(OC)nc1. The van der Waals surface area contributed by atoms with Crippen LogP contribution in [0.15, 0.2) is 18.3 Å². The Morgan fingerprint density at radius 2 is 2.20 bits per heavy atom. The second-order valence-corrected chi connectivity index (χ2v) is 4.30. The van der Waals surface area contributed by atoms with E-state index in [1.807, 2.05) is 0 Å². The molecule has 1 unspecified atom stereocenters. The smallest absolute Gasteiger partial charge is 0.321 e. The maximum atomic E-state index is 12.0. The zero-order valence-corrected chi connectivity index (χ0v) is 11.8. The van der Waals surface area contributed by atoms with Crippen LogP contribution >= 0.6 is 0 Å². The highest BCUT2D eigenvalue weighted by atomic mass is 16.5. The number of nitrogens with zero attached hydrogens (tertiary/aromatic N) is 2. The number of aliphatic carboxylic acids is 1. The maximum absolute atomic E-state index is 12.0. The number of rotatable bonds is 6. The molecular formula is C13H19N3O4. The number of methoxy groups -OCH3 is 1. The van der Waals surface area contributed by atoms with Gasteiger partial charge in [-0.05, 0) is 13.0 Å². The van der Waals surface area contributed by atoms with Crippen molar-refractivity contribution in [3.63, 3.8) is 0 Å². The molecule has 0 bridgehead atoms. The van der Waals surface area contributed by atoms with Gasteiger partial charge in [0.1, 0.15) is 0 Å². The van der Waals surface area contributed by atoms with E-state index in [-0.39, 0.29) is 12.6 Å². The van der Waals surface area contributed by atoms with Gasteiger partial charge in [-0.15, -0.1) is 0 Å². The van der Waals surface area contributed by atoms with Gasteiger partial charge in [0.15, 0.2) is 0 Å². The predicted molar refractivity (Wildman–Crippen MR) is 73.9 cm³/mol. The standard InChI is InChI=1S/C13H19N3O4/c1-4-16(8-9(2)12(17)18)13(19)15-10-5-6-11(20-3)14-7-10/h5-7,9H,4,8H2,1-3H3,(H,15,19)(H,17,18). The number of amides is 2. The van der Waals surface area contributed by atoms with E-state index < -0.39 is 11.9 Å². The lowest BCUT2D eigenvalue weighted by Crippen LogP contribution is -2.39. The summed E-state index contributed by atoms with van der Waals surface area (Å²) in [6.45, 7) is 3.93. The van der Waals surface area contributed by atoms with Crippen LogP contribution in [0.2, 0.25) is 0 Å². The Morgan fingerprint density at radius 3 is 2.65 bits per heavy atom. The minimum absolute atomic E-state index is 0.154. The van der Waals surface area contributed by atoms with E-state index in [9.17, 15) is 9.59 Å². The van der Waals surface area contributed by atoms with E-state index in [1.165, 1.54) is 18.2 Å². The Morgan fingerprint density at radius 1 is 1.50 bits per heavy atom. The molecule has 110 valence electrons. The van der Waals surface area contributed by atoms with Crippen LogP contribution < -0.4 is 10.1 Å². The lowest BCUT2D eigenvalue weighted by Gasteiger charge is -2.23. The summed E-state index contributed by atoms with van der Waals surface area (Å²) in [6, 6.07) is 2.94. The zero-order chi connectivity index (χ0) is 15.1. The lowest BCUT2D eigenvalue weighted by atomic mass is 10.2. The molecule has 2 N–H and O–H groups in total. The van der Waals surface area contributed by atoms with Crippen molar-refractivity contribution in [3.05, 3.63) is 18.3 Å². The molecule has 1 rings (SSSR count). The number of nitrogens with one attached hydrogen (secondary N) is 1. The summed E-state index contributed by atoms with van der Waals surface area (Å²) in [4.78, 5) is 28.2. The van der Waals surface area contributed by atoms with Gasteiger partial charge in [-0.1, -0.05) is 6.92 Å². The number of carboxylic acid groups (broad SMARTS) is 1. The van der Waals surface area contributed by atoms with Gasteiger partial charge in [-0.2, -0.15) is 0 Å². The highest BCUT2D eigenvalue weighted by Crippen LogP contribution is 2.12. The molecule has 20 heavy (non-hydrogen) atoms. The molecule has 1 aromatic heterocycles. The number of anilines is 1. The summed E-state index contributed by atoms with van der Waals surface area (Å²) in [7, 11) is 1.51. The van der Waals surface area contributed by atoms with Crippen LogP contribution in [0.25, 0.3) is 0 Å². The Hall–Kier alpha value is -2.31. The zero-order valence-electron chi connectivity index (χ0n) is 11.8. The molecule has 0 saturated carbocycles. The fourth-order valence-corrected chi connectivity index (χ4v) is 1.54. The summed E-state index contributed by atoms with van der Waals surface area (Å²) in [5.41, 5.74) is 0.525. The van der Waals surface area contributed by atoms with Gasteiger partial charge in [0.2, 0.25) is 5.88 Å². The Bertz CT molecular complexity index is 461. The molecule has 1 heterocycles. The van der Waals surface area contributed by atoms with Crippen LogP contribution in [0.1, 0.15) is 13.8 Å². The van der Waals surface area contributed by atoms with Crippen LogP contribution in [0, 0.1) is 5.92 Å². The fraction of sp³-hybridized carbons (Fsp3) is 0.462. The molecule has 0 aliphatic rings. The third-order valence-electron chi connectivity index (χ3n) is 2.78. The number of carbonyl (C=O) groups excluding carboxylic acids is 1. The fourth-order valence-electron chi connectivity index (χ4n) is 1.54. The van der Waals surface area contributed by atoms with Crippen LogP contribution in [-0.2, 0) is 4.79 Å². The number of carboxylic acids is 1. The first kappa shape index (κ1) is 15.7. The number of ether oxygens (including phenoxy) is 1. The van der Waals surface area contributed by atoms with Gasteiger partial charge < -0.3 is 20.1 Å². The first-order valence-corrected chi connectivity index (χ1v) is 6.26. The Kier molecular flexibility index (Phi) is 5.76. The van der Waals surface area contributed by atoms with E-state index >= 15 is 0 Å². The van der Waals surface area contributed by atoms with E-state index in [0.29, 0.717) is 18.1 Å². The van der Waals surface area contributed by atoms with Gasteiger partial charge in [0, 0.05) is 19.2 Å². The van der Waals surface area contributed by atoms with Crippen molar-refractivity contribution in [3.8, 4) is 5.88 Å². The van der Waals surface area contributed by atoms with Gasteiger partial charge in [-0.25, -0.2) is 9.78 Å². The van der Waals surface area contributed by atoms with Crippen LogP contribution in [0.5, 0.6) is 5.88 Å². The molecular weight excluding hydrogens is 262 g/mol. The number of urea groups is 1. The van der Waals surface area contributed by atoms with E-state index in [4.69, 9.17) is 9.84 Å². The normalized spacial score (nSPS) is 11.6. The molecule has 0 aromatic carbocycles. The van der Waals surface area contributed by atoms with Gasteiger partial charge in [0.05, 0.1) is 24.9 Å². The average Bonchev–Trinajstić information content (AvgIpc) is 2.44. The second kappa shape index (κ2) is 7.32. The van der Waals surface area contributed by atoms with Crippen molar-refractivity contribution >= 4 is 17.7 Å². The topological polar surface area (TPSA) is 91.8 Å². The number of carbonyl (C=O) groups is 2. The predicted octanol–water partition coefficient (Wildman–Crippen LogP) is 1.66. The van der Waals surface area contributed by atoms with Gasteiger partial charge in [0.25, 0.3) is 0 Å².